The van der Waals surface area contributed by atoms with Gasteiger partial charge in [-0.05, 0) is 32.1 Å². The van der Waals surface area contributed by atoms with Crippen molar-refractivity contribution in [1.82, 2.24) is 0 Å². The normalized spacial score (nSPS) is 21.3. The molecular formula is C33H68N3O16P3. The van der Waals surface area contributed by atoms with E-state index in [1.807, 2.05) is 0 Å². The lowest BCUT2D eigenvalue weighted by atomic mass is 10.0. The predicted molar refractivity (Wildman–Crippen MR) is 208 cm³/mol. The third-order valence-corrected chi connectivity index (χ3v) is 15.9. The van der Waals surface area contributed by atoms with Crippen molar-refractivity contribution in [2.75, 3.05) is 168 Å². The largest absolute Gasteiger partial charge is 0.382 e. The van der Waals surface area contributed by atoms with Crippen LogP contribution in [-0.4, -0.2) is 174 Å². The van der Waals surface area contributed by atoms with E-state index in [9.17, 15) is 0 Å². The minimum Gasteiger partial charge on any atom is -0.382 e. The van der Waals surface area contributed by atoms with Crippen molar-refractivity contribution in [3.05, 3.63) is 12.2 Å². The van der Waals surface area contributed by atoms with Crippen molar-refractivity contribution in [1.29, 1.82) is 0 Å². The lowest BCUT2D eigenvalue weighted by Crippen LogP contribution is -2.17. The van der Waals surface area contributed by atoms with Gasteiger partial charge in [0, 0.05) is 35.5 Å². The summed E-state index contributed by atoms with van der Waals surface area (Å²) >= 11 is 0. The summed E-state index contributed by atoms with van der Waals surface area (Å²) in [6.45, 7) is 5.50. The van der Waals surface area contributed by atoms with Crippen LogP contribution in [0.4, 0.5) is 0 Å². The van der Waals surface area contributed by atoms with Gasteiger partial charge in [0.25, 0.3) is 0 Å². The maximum absolute atomic E-state index is 6.96. The van der Waals surface area contributed by atoms with Crippen LogP contribution in [0.5, 0.6) is 0 Å². The van der Waals surface area contributed by atoms with E-state index in [-0.39, 0.29) is 72.2 Å². The Morgan fingerprint density at radius 1 is 0.382 bits per heavy atom. The van der Waals surface area contributed by atoms with E-state index in [1.54, 1.807) is 35.5 Å². The second kappa shape index (κ2) is 33.6. The molecule has 2 unspecified atom stereocenters. The summed E-state index contributed by atoms with van der Waals surface area (Å²) in [6, 6.07) is 0. The first-order valence-corrected chi connectivity index (χ1v) is 23.4. The highest BCUT2D eigenvalue weighted by Gasteiger charge is 2.44. The van der Waals surface area contributed by atoms with Crippen LogP contribution >= 0.6 is 23.0 Å². The lowest BCUT2D eigenvalue weighted by molar-refractivity contribution is 0.0417. The van der Waals surface area contributed by atoms with Crippen LogP contribution in [0, 0.1) is 0 Å². The number of hydrogen-bond donors (Lipinski definition) is 0. The third-order valence-electron chi connectivity index (χ3n) is 7.28. The Morgan fingerprint density at radius 2 is 0.691 bits per heavy atom. The molecule has 2 atom stereocenters. The molecule has 326 valence electrons. The first-order chi connectivity index (χ1) is 27.0. The fraction of sp³-hybridized carbons (Fsp3) is 0.939. The lowest BCUT2D eigenvalue weighted by Gasteiger charge is -2.35. The molecule has 0 N–H and O–H groups in total. The Labute approximate surface area is 328 Å². The summed E-state index contributed by atoms with van der Waals surface area (Å²) in [6.07, 6.45) is 8.31. The highest BCUT2D eigenvalue weighted by atomic mass is 31.3. The fourth-order valence-corrected chi connectivity index (χ4v) is 14.2. The Balaban J connectivity index is 2.68. The summed E-state index contributed by atoms with van der Waals surface area (Å²) in [5.41, 5.74) is 0. The van der Waals surface area contributed by atoms with Gasteiger partial charge in [-0.1, -0.05) is 12.2 Å². The number of methoxy groups -OCH3 is 5. The molecule has 1 aliphatic carbocycles. The third kappa shape index (κ3) is 23.8. The van der Waals surface area contributed by atoms with Gasteiger partial charge in [0.2, 0.25) is 0 Å². The van der Waals surface area contributed by atoms with E-state index >= 15 is 0 Å². The molecule has 0 spiro atoms. The number of allylic oxidation sites excluding steroid dienone is 2. The molecular weight excluding hydrogens is 787 g/mol. The minimum absolute atomic E-state index is 0.0730. The molecule has 0 radical (unpaired) electrons. The van der Waals surface area contributed by atoms with Crippen LogP contribution in [0.2, 0.25) is 0 Å². The first-order valence-electron chi connectivity index (χ1n) is 18.8. The van der Waals surface area contributed by atoms with Crippen molar-refractivity contribution < 1.29 is 74.5 Å². The van der Waals surface area contributed by atoms with Crippen LogP contribution in [0.15, 0.2) is 25.7 Å². The molecule has 19 nitrogen and oxygen atoms in total. The summed E-state index contributed by atoms with van der Waals surface area (Å²) in [5.74, 6) is 0. The topological polar surface area (TPSA) is 185 Å². The van der Waals surface area contributed by atoms with Crippen LogP contribution in [0.3, 0.4) is 0 Å². The molecule has 0 amide bonds. The SMILES string of the molecule is COCCOCCOP1(OCCOCCOC)=NP(OCCOCCOC)(OCCOCCOC)=NP(OCCOCCOC)(OC2CC/C=C\CCC2)=N1. The Morgan fingerprint density at radius 3 is 1.07 bits per heavy atom. The van der Waals surface area contributed by atoms with E-state index < -0.39 is 23.0 Å². The van der Waals surface area contributed by atoms with Crippen LogP contribution in [-0.2, 0) is 74.5 Å². The van der Waals surface area contributed by atoms with Crippen molar-refractivity contribution in [2.45, 2.75) is 38.2 Å². The van der Waals surface area contributed by atoms with Crippen LogP contribution < -0.4 is 0 Å². The van der Waals surface area contributed by atoms with Crippen LogP contribution in [0.25, 0.3) is 0 Å². The van der Waals surface area contributed by atoms with Gasteiger partial charge >= 0.3 is 23.0 Å². The zero-order chi connectivity index (χ0) is 39.6. The van der Waals surface area contributed by atoms with E-state index in [0.717, 1.165) is 32.1 Å². The zero-order valence-electron chi connectivity index (χ0n) is 33.6. The van der Waals surface area contributed by atoms with Gasteiger partial charge in [-0.15, -0.1) is 13.5 Å². The second-order valence-corrected chi connectivity index (χ2v) is 18.2. The second-order valence-electron chi connectivity index (χ2n) is 11.6. The van der Waals surface area contributed by atoms with Gasteiger partial charge in [-0.25, -0.2) is 0 Å². The average molecular weight is 856 g/mol. The fourth-order valence-electron chi connectivity index (χ4n) is 4.61. The van der Waals surface area contributed by atoms with Gasteiger partial charge in [0.15, 0.2) is 0 Å². The molecule has 0 aromatic carbocycles. The average Bonchev–Trinajstić information content (AvgIpc) is 3.16. The first kappa shape index (κ1) is 50.9. The molecule has 2 aliphatic rings. The van der Waals surface area contributed by atoms with Gasteiger partial charge < -0.3 is 74.5 Å². The molecule has 0 aromatic rings. The van der Waals surface area contributed by atoms with Crippen molar-refractivity contribution in [3.63, 3.8) is 0 Å². The summed E-state index contributed by atoms with van der Waals surface area (Å²) in [7, 11) is -3.01. The van der Waals surface area contributed by atoms with Gasteiger partial charge in [0.05, 0.1) is 138 Å². The van der Waals surface area contributed by atoms with Crippen molar-refractivity contribution in [3.8, 4) is 0 Å². The predicted octanol–water partition coefficient (Wildman–Crippen LogP) is 6.14. The molecule has 22 heteroatoms. The molecule has 55 heavy (non-hydrogen) atoms. The highest BCUT2D eigenvalue weighted by Crippen LogP contribution is 2.80. The number of ether oxygens (including phenoxy) is 10. The number of hydrogen-bond acceptors (Lipinski definition) is 19. The van der Waals surface area contributed by atoms with Crippen molar-refractivity contribution >= 4 is 23.0 Å². The smallest absolute Gasteiger partial charge is 0.349 e. The quantitative estimate of drug-likeness (QED) is 0.0394. The maximum atomic E-state index is 6.96. The number of rotatable bonds is 37. The molecule has 0 fully saturated rings. The summed E-state index contributed by atoms with van der Waals surface area (Å²) in [4.78, 5) is 0. The molecule has 2 rings (SSSR count). The molecule has 0 saturated heterocycles. The summed E-state index contributed by atoms with van der Waals surface area (Å²) < 4.78 is 109. The Hall–Kier alpha value is -0.210. The van der Waals surface area contributed by atoms with E-state index in [1.165, 1.54) is 0 Å². The molecule has 0 saturated carbocycles. The van der Waals surface area contributed by atoms with E-state index in [2.05, 4.69) is 12.2 Å². The van der Waals surface area contributed by atoms with E-state index in [4.69, 9.17) is 88.1 Å². The highest BCUT2D eigenvalue weighted by molar-refractivity contribution is 7.78. The molecule has 1 aliphatic heterocycles. The van der Waals surface area contributed by atoms with Gasteiger partial charge in [-0.2, -0.15) is 0 Å². The monoisotopic (exact) mass is 855 g/mol. The minimum atomic E-state index is -3.69. The standard InChI is InChI=1S/C33H68N3O16P3/c1-37-13-18-42-23-28-47-53(48-29-24-43-19-14-38-2)34-54(49-30-25-44-20-15-39-3,50-31-26-45-21-16-40-4)36-55(35-53,51-32-27-46-22-17-41-5)52-33-11-9-7-6-8-10-12-33/h6-7,33H,8-32H2,1-5H3/b7-6-. The van der Waals surface area contributed by atoms with Gasteiger partial charge in [0.1, 0.15) is 0 Å². The Kier molecular flexibility index (Phi) is 31.1. The Bertz CT molecular complexity index is 1060. The van der Waals surface area contributed by atoms with Crippen molar-refractivity contribution in [2.24, 2.45) is 13.5 Å². The summed E-state index contributed by atoms with van der Waals surface area (Å²) in [5, 5.41) is 0. The molecule has 0 bridgehead atoms. The number of nitrogens with zero attached hydrogens (tertiary/aromatic N) is 3. The maximum Gasteiger partial charge on any atom is 0.349 e. The van der Waals surface area contributed by atoms with E-state index in [0.29, 0.717) is 66.1 Å². The van der Waals surface area contributed by atoms with Gasteiger partial charge in [-0.3, -0.25) is 0 Å². The van der Waals surface area contributed by atoms with Crippen LogP contribution in [0.1, 0.15) is 32.1 Å². The zero-order valence-corrected chi connectivity index (χ0v) is 36.3. The molecule has 1 heterocycles. The molecule has 0 aromatic heterocycles.